The van der Waals surface area contributed by atoms with E-state index in [4.69, 9.17) is 0 Å². The van der Waals surface area contributed by atoms with Gasteiger partial charge in [-0.15, -0.1) is 0 Å². The highest BCUT2D eigenvalue weighted by molar-refractivity contribution is 5.84. The van der Waals surface area contributed by atoms with Crippen LogP contribution >= 0.6 is 0 Å². The number of nitrogens with zero attached hydrogens (tertiary/aromatic N) is 1. The minimum Gasteiger partial charge on any atom is -0.382 e. The first-order valence-corrected chi connectivity index (χ1v) is 9.22. The third kappa shape index (κ3) is 3.69. The van der Waals surface area contributed by atoms with Crippen molar-refractivity contribution >= 4 is 16.8 Å². The Kier molecular flexibility index (Phi) is 6.60. The van der Waals surface area contributed by atoms with Crippen LogP contribution in [-0.4, -0.2) is 7.05 Å². The van der Waals surface area contributed by atoms with Crippen LogP contribution in [0.3, 0.4) is 0 Å². The molecule has 1 aliphatic rings. The quantitative estimate of drug-likeness (QED) is 0.594. The number of anilines is 1. The lowest BCUT2D eigenvalue weighted by Crippen LogP contribution is -2.25. The molecule has 1 N–H and O–H groups in total. The molecule has 2 aromatic rings. The van der Waals surface area contributed by atoms with E-state index >= 15 is 0 Å². The summed E-state index contributed by atoms with van der Waals surface area (Å²) >= 11 is 0. The summed E-state index contributed by atoms with van der Waals surface area (Å²) in [5.41, 5.74) is 8.08. The SMILES string of the molecule is C/C=C\C=C(/C)c1cc[n+]2cc3c(cc2c1NC)CCCC3.CC. The fourth-order valence-electron chi connectivity index (χ4n) is 3.36. The first-order valence-electron chi connectivity index (χ1n) is 9.22. The molecule has 0 saturated heterocycles. The monoisotopic (exact) mass is 323 g/mol. The Bertz CT molecular complexity index is 754. The third-order valence-electron chi connectivity index (χ3n) is 4.58. The van der Waals surface area contributed by atoms with Crippen molar-refractivity contribution in [3.05, 3.63) is 59.4 Å². The van der Waals surface area contributed by atoms with Crippen LogP contribution in [0, 0.1) is 0 Å². The molecule has 2 heteroatoms. The summed E-state index contributed by atoms with van der Waals surface area (Å²) in [5.74, 6) is 0. The Morgan fingerprint density at radius 2 is 1.88 bits per heavy atom. The number of rotatable bonds is 3. The van der Waals surface area contributed by atoms with Crippen LogP contribution in [0.15, 0.2) is 42.8 Å². The van der Waals surface area contributed by atoms with Gasteiger partial charge in [-0.25, -0.2) is 0 Å². The van der Waals surface area contributed by atoms with Crippen molar-refractivity contribution in [2.75, 3.05) is 12.4 Å². The fraction of sp³-hybridized carbons (Fsp3) is 0.409. The molecule has 0 aromatic carbocycles. The summed E-state index contributed by atoms with van der Waals surface area (Å²) < 4.78 is 2.27. The maximum absolute atomic E-state index is 3.42. The molecule has 2 aromatic heterocycles. The van der Waals surface area contributed by atoms with Crippen molar-refractivity contribution in [3.8, 4) is 0 Å². The third-order valence-corrected chi connectivity index (χ3v) is 4.58. The lowest BCUT2D eigenvalue weighted by Gasteiger charge is -2.15. The zero-order chi connectivity index (χ0) is 17.5. The molecule has 0 amide bonds. The molecule has 0 fully saturated rings. The lowest BCUT2D eigenvalue weighted by molar-refractivity contribution is -0.512. The molecule has 0 spiro atoms. The Hall–Kier alpha value is -2.09. The number of fused-ring (bicyclic) bond motifs is 2. The zero-order valence-electron chi connectivity index (χ0n) is 15.8. The summed E-state index contributed by atoms with van der Waals surface area (Å²) in [7, 11) is 2.02. The predicted octanol–water partition coefficient (Wildman–Crippen LogP) is 5.35. The van der Waals surface area contributed by atoms with E-state index in [-0.39, 0.29) is 0 Å². The van der Waals surface area contributed by atoms with E-state index in [0.29, 0.717) is 0 Å². The van der Waals surface area contributed by atoms with Crippen LogP contribution in [0.4, 0.5) is 5.69 Å². The van der Waals surface area contributed by atoms with Gasteiger partial charge in [0.2, 0.25) is 5.52 Å². The summed E-state index contributed by atoms with van der Waals surface area (Å²) in [4.78, 5) is 0. The number of aryl methyl sites for hydroxylation is 2. The number of hydrogen-bond donors (Lipinski definition) is 1. The summed E-state index contributed by atoms with van der Waals surface area (Å²) in [5, 5.41) is 3.42. The van der Waals surface area contributed by atoms with E-state index in [2.05, 4.69) is 59.4 Å². The maximum atomic E-state index is 3.42. The smallest absolute Gasteiger partial charge is 0.234 e. The normalized spacial score (nSPS) is 14.3. The number of aromatic nitrogens is 1. The van der Waals surface area contributed by atoms with Gasteiger partial charge in [0.15, 0.2) is 12.4 Å². The van der Waals surface area contributed by atoms with Crippen molar-refractivity contribution in [2.24, 2.45) is 0 Å². The van der Waals surface area contributed by atoms with Crippen LogP contribution in [0.5, 0.6) is 0 Å². The van der Waals surface area contributed by atoms with E-state index in [9.17, 15) is 0 Å². The molecule has 1 aliphatic carbocycles. The second-order valence-corrected chi connectivity index (χ2v) is 6.05. The maximum Gasteiger partial charge on any atom is 0.234 e. The average Bonchev–Trinajstić information content (AvgIpc) is 2.65. The molecule has 2 nitrogen and oxygen atoms in total. The highest BCUT2D eigenvalue weighted by Gasteiger charge is 2.19. The molecular weight excluding hydrogens is 292 g/mol. The molecular formula is C22H31N2+. The van der Waals surface area contributed by atoms with Gasteiger partial charge < -0.3 is 5.32 Å². The van der Waals surface area contributed by atoms with Gasteiger partial charge in [0.1, 0.15) is 5.69 Å². The first-order chi connectivity index (χ1) is 11.7. The summed E-state index contributed by atoms with van der Waals surface area (Å²) in [6.45, 7) is 8.22. The molecule has 0 radical (unpaired) electrons. The largest absolute Gasteiger partial charge is 0.382 e. The number of pyridine rings is 2. The van der Waals surface area contributed by atoms with Crippen LogP contribution in [-0.2, 0) is 12.8 Å². The van der Waals surface area contributed by atoms with Crippen molar-refractivity contribution in [1.29, 1.82) is 0 Å². The second kappa shape index (κ2) is 8.68. The molecule has 0 atom stereocenters. The fourth-order valence-corrected chi connectivity index (χ4v) is 3.36. The zero-order valence-corrected chi connectivity index (χ0v) is 15.8. The van der Waals surface area contributed by atoms with E-state index < -0.39 is 0 Å². The standard InChI is InChI=1S/C20H25N2.C2H6/c1-4-5-8-15(2)18-11-12-22-14-17-10-7-6-9-16(17)13-19(22)20(18)21-3;1-2/h4-5,8,11-14,21H,6-7,9-10H2,1-3H3;1-2H3/q+1;/b5-4-,15-8+;. The van der Waals surface area contributed by atoms with Gasteiger partial charge >= 0.3 is 0 Å². The van der Waals surface area contributed by atoms with Gasteiger partial charge in [0.05, 0.1) is 0 Å². The van der Waals surface area contributed by atoms with Crippen LogP contribution in [0.25, 0.3) is 11.1 Å². The van der Waals surface area contributed by atoms with E-state index in [0.717, 1.165) is 0 Å². The van der Waals surface area contributed by atoms with Crippen molar-refractivity contribution in [3.63, 3.8) is 0 Å². The van der Waals surface area contributed by atoms with Gasteiger partial charge in [0, 0.05) is 30.3 Å². The highest BCUT2D eigenvalue weighted by atomic mass is 14.9. The molecule has 0 saturated carbocycles. The molecule has 24 heavy (non-hydrogen) atoms. The second-order valence-electron chi connectivity index (χ2n) is 6.05. The molecule has 3 rings (SSSR count). The van der Waals surface area contributed by atoms with Gasteiger partial charge in [-0.3, -0.25) is 0 Å². The van der Waals surface area contributed by atoms with E-state index in [1.54, 1.807) is 0 Å². The van der Waals surface area contributed by atoms with E-state index in [1.807, 2.05) is 27.8 Å². The van der Waals surface area contributed by atoms with Crippen molar-refractivity contribution in [2.45, 2.75) is 53.4 Å². The molecule has 2 heterocycles. The van der Waals surface area contributed by atoms with Crippen LogP contribution in [0.1, 0.15) is 57.2 Å². The van der Waals surface area contributed by atoms with Gasteiger partial charge in [-0.2, -0.15) is 4.40 Å². The number of hydrogen-bond acceptors (Lipinski definition) is 1. The minimum atomic E-state index is 1.21. The molecule has 128 valence electrons. The average molecular weight is 324 g/mol. The van der Waals surface area contributed by atoms with Gasteiger partial charge in [0.25, 0.3) is 0 Å². The van der Waals surface area contributed by atoms with Crippen LogP contribution in [0.2, 0.25) is 0 Å². The van der Waals surface area contributed by atoms with Gasteiger partial charge in [-0.1, -0.05) is 32.1 Å². The number of nitrogens with one attached hydrogen (secondary N) is 1. The van der Waals surface area contributed by atoms with Crippen molar-refractivity contribution < 1.29 is 4.40 Å². The van der Waals surface area contributed by atoms with Crippen LogP contribution < -0.4 is 9.72 Å². The Balaban J connectivity index is 0.00000100. The van der Waals surface area contributed by atoms with Gasteiger partial charge in [-0.05, 0) is 50.7 Å². The predicted molar refractivity (Wildman–Crippen MR) is 106 cm³/mol. The lowest BCUT2D eigenvalue weighted by atomic mass is 9.92. The first kappa shape index (κ1) is 18.3. The molecule has 0 aliphatic heterocycles. The topological polar surface area (TPSA) is 16.1 Å². The summed E-state index contributed by atoms with van der Waals surface area (Å²) in [6.07, 6.45) is 15.9. The Morgan fingerprint density at radius 1 is 1.17 bits per heavy atom. The van der Waals surface area contributed by atoms with Crippen molar-refractivity contribution in [1.82, 2.24) is 0 Å². The minimum absolute atomic E-state index is 1.21. The van der Waals surface area contributed by atoms with E-state index in [1.165, 1.54) is 59.2 Å². The molecule has 0 unspecified atom stereocenters. The Morgan fingerprint density at radius 3 is 2.54 bits per heavy atom. The Labute approximate surface area is 146 Å². The number of allylic oxidation sites excluding steroid dienone is 4. The summed E-state index contributed by atoms with van der Waals surface area (Å²) in [6, 6.07) is 4.59. The molecule has 0 bridgehead atoms. The highest BCUT2D eigenvalue weighted by Crippen LogP contribution is 2.28.